The first-order valence-electron chi connectivity index (χ1n) is 7.36. The molecule has 0 saturated carbocycles. The molecule has 1 aromatic rings. The summed E-state index contributed by atoms with van der Waals surface area (Å²) >= 11 is 0. The fraction of sp³-hybridized carbons (Fsp3) is 0.467. The van der Waals surface area contributed by atoms with Crippen LogP contribution in [0.15, 0.2) is 24.3 Å². The molecule has 1 N–H and O–H groups in total. The molecule has 2 heterocycles. The number of carbonyl (C=O) groups excluding carboxylic acids is 2. The molecule has 3 rings (SSSR count). The predicted octanol–water partition coefficient (Wildman–Crippen LogP) is 1.92. The number of benzene rings is 1. The fourth-order valence-electron chi connectivity index (χ4n) is 3.02. The van der Waals surface area contributed by atoms with Crippen LogP contribution in [0.25, 0.3) is 0 Å². The molecular weight excluding hydrogens is 311 g/mol. The van der Waals surface area contributed by atoms with Crippen LogP contribution in [0.3, 0.4) is 0 Å². The molecule has 2 aliphatic heterocycles. The molecular formula is C15H16F3N3O2. The number of urea groups is 1. The maximum atomic E-state index is 12.4. The van der Waals surface area contributed by atoms with Gasteiger partial charge < -0.3 is 10.2 Å². The van der Waals surface area contributed by atoms with Crippen molar-refractivity contribution in [2.75, 3.05) is 24.5 Å². The highest BCUT2D eigenvalue weighted by atomic mass is 19.4. The second-order valence-corrected chi connectivity index (χ2v) is 5.70. The normalized spacial score (nSPS) is 20.8. The van der Waals surface area contributed by atoms with E-state index in [4.69, 9.17) is 0 Å². The van der Waals surface area contributed by atoms with Crippen LogP contribution < -0.4 is 10.2 Å². The van der Waals surface area contributed by atoms with Gasteiger partial charge in [0.25, 0.3) is 0 Å². The number of carbonyl (C=O) groups is 2. The van der Waals surface area contributed by atoms with Gasteiger partial charge in [-0.15, -0.1) is 0 Å². The first-order valence-corrected chi connectivity index (χ1v) is 7.36. The molecule has 3 amide bonds. The van der Waals surface area contributed by atoms with Gasteiger partial charge in [0.2, 0.25) is 5.91 Å². The highest BCUT2D eigenvalue weighted by Gasteiger charge is 2.40. The Hall–Kier alpha value is -2.25. The number of halogens is 3. The summed E-state index contributed by atoms with van der Waals surface area (Å²) in [6.45, 7) is -0.775. The summed E-state index contributed by atoms with van der Waals surface area (Å²) in [5.41, 5.74) is 1.82. The number of fused-ring (bicyclic) bond motifs is 1. The number of nitrogens with zero attached hydrogens (tertiary/aromatic N) is 2. The van der Waals surface area contributed by atoms with Gasteiger partial charge in [0.15, 0.2) is 0 Å². The number of para-hydroxylation sites is 1. The second-order valence-electron chi connectivity index (χ2n) is 5.70. The van der Waals surface area contributed by atoms with Gasteiger partial charge in [-0.05, 0) is 24.5 Å². The average Bonchev–Trinajstić information content (AvgIpc) is 3.04. The third-order valence-corrected chi connectivity index (χ3v) is 4.10. The molecule has 1 aromatic carbocycles. The first kappa shape index (κ1) is 15.6. The van der Waals surface area contributed by atoms with Gasteiger partial charge in [-0.2, -0.15) is 13.2 Å². The summed E-state index contributed by atoms with van der Waals surface area (Å²) in [6.07, 6.45) is -3.51. The monoisotopic (exact) mass is 327 g/mol. The molecule has 23 heavy (non-hydrogen) atoms. The Morgan fingerprint density at radius 3 is 2.74 bits per heavy atom. The number of nitrogens with one attached hydrogen (secondary N) is 1. The quantitative estimate of drug-likeness (QED) is 0.902. The van der Waals surface area contributed by atoms with Gasteiger partial charge >= 0.3 is 12.2 Å². The summed E-state index contributed by atoms with van der Waals surface area (Å²) in [6, 6.07) is 6.11. The average molecular weight is 327 g/mol. The van der Waals surface area contributed by atoms with E-state index >= 15 is 0 Å². The fourth-order valence-corrected chi connectivity index (χ4v) is 3.02. The minimum atomic E-state index is -4.43. The molecule has 1 unspecified atom stereocenters. The summed E-state index contributed by atoms with van der Waals surface area (Å²) in [5.74, 6) is -0.678. The van der Waals surface area contributed by atoms with Crippen molar-refractivity contribution in [3.63, 3.8) is 0 Å². The van der Waals surface area contributed by atoms with Crippen molar-refractivity contribution in [1.82, 2.24) is 10.2 Å². The molecule has 0 aliphatic carbocycles. The molecule has 0 aromatic heterocycles. The molecule has 2 aliphatic rings. The Bertz CT molecular complexity index is 633. The maximum Gasteiger partial charge on any atom is 0.406 e. The van der Waals surface area contributed by atoms with Crippen LogP contribution in [0.5, 0.6) is 0 Å². The van der Waals surface area contributed by atoms with Gasteiger partial charge in [0.05, 0.1) is 0 Å². The lowest BCUT2D eigenvalue weighted by Crippen LogP contribution is -2.48. The largest absolute Gasteiger partial charge is 0.406 e. The lowest BCUT2D eigenvalue weighted by atomic mass is 10.2. The lowest BCUT2D eigenvalue weighted by Gasteiger charge is -2.21. The summed E-state index contributed by atoms with van der Waals surface area (Å²) in [4.78, 5) is 26.6. The van der Waals surface area contributed by atoms with Crippen LogP contribution in [0, 0.1) is 0 Å². The van der Waals surface area contributed by atoms with Crippen LogP contribution >= 0.6 is 0 Å². The zero-order chi connectivity index (χ0) is 16.6. The van der Waals surface area contributed by atoms with E-state index in [1.165, 1.54) is 4.90 Å². The molecule has 8 heteroatoms. The van der Waals surface area contributed by atoms with E-state index in [0.29, 0.717) is 6.54 Å². The SMILES string of the molecule is O=C1C(NC(=O)N2CCc3ccccc32)CCN1CC(F)(F)F. The van der Waals surface area contributed by atoms with Crippen molar-refractivity contribution < 1.29 is 22.8 Å². The zero-order valence-electron chi connectivity index (χ0n) is 12.3. The van der Waals surface area contributed by atoms with Crippen molar-refractivity contribution in [2.24, 2.45) is 0 Å². The number of rotatable bonds is 2. The van der Waals surface area contributed by atoms with E-state index in [2.05, 4.69) is 5.32 Å². The van der Waals surface area contributed by atoms with Crippen LogP contribution in [-0.4, -0.2) is 48.7 Å². The van der Waals surface area contributed by atoms with Crippen LogP contribution in [0.4, 0.5) is 23.7 Å². The van der Waals surface area contributed by atoms with Crippen LogP contribution in [-0.2, 0) is 11.2 Å². The van der Waals surface area contributed by atoms with Crippen LogP contribution in [0.2, 0.25) is 0 Å². The van der Waals surface area contributed by atoms with Gasteiger partial charge in [0, 0.05) is 18.8 Å². The topological polar surface area (TPSA) is 52.7 Å². The van der Waals surface area contributed by atoms with E-state index in [9.17, 15) is 22.8 Å². The van der Waals surface area contributed by atoms with Crippen molar-refractivity contribution >= 4 is 17.6 Å². The number of hydrogen-bond acceptors (Lipinski definition) is 2. The number of hydrogen-bond donors (Lipinski definition) is 1. The maximum absolute atomic E-state index is 12.4. The molecule has 124 valence electrons. The van der Waals surface area contributed by atoms with Crippen LogP contribution in [0.1, 0.15) is 12.0 Å². The summed E-state index contributed by atoms with van der Waals surface area (Å²) in [7, 11) is 0. The highest BCUT2D eigenvalue weighted by Crippen LogP contribution is 2.28. The third kappa shape index (κ3) is 3.25. The minimum Gasteiger partial charge on any atom is -0.332 e. The molecule has 5 nitrogen and oxygen atoms in total. The standard InChI is InChI=1S/C15H16F3N3O2/c16-15(17,18)9-20-7-6-11(13(20)22)19-14(23)21-8-5-10-3-1-2-4-12(10)21/h1-4,11H,5-9H2,(H,19,23). The van der Waals surface area contributed by atoms with E-state index in [0.717, 1.165) is 22.6 Å². The number of alkyl halides is 3. The van der Waals surface area contributed by atoms with Crippen molar-refractivity contribution in [1.29, 1.82) is 0 Å². The van der Waals surface area contributed by atoms with E-state index in [-0.39, 0.29) is 13.0 Å². The Kier molecular flexibility index (Phi) is 3.91. The van der Waals surface area contributed by atoms with Crippen molar-refractivity contribution in [3.05, 3.63) is 29.8 Å². The number of likely N-dealkylation sites (tertiary alicyclic amines) is 1. The Labute approximate surface area is 131 Å². The first-order chi connectivity index (χ1) is 10.8. The predicted molar refractivity (Wildman–Crippen MR) is 77.1 cm³/mol. The van der Waals surface area contributed by atoms with Gasteiger partial charge in [0.1, 0.15) is 12.6 Å². The summed E-state index contributed by atoms with van der Waals surface area (Å²) in [5, 5.41) is 2.56. The lowest BCUT2D eigenvalue weighted by molar-refractivity contribution is -0.157. The molecule has 1 fully saturated rings. The molecule has 0 bridgehead atoms. The van der Waals surface area contributed by atoms with Gasteiger partial charge in [-0.25, -0.2) is 4.79 Å². The second kappa shape index (κ2) is 5.75. The third-order valence-electron chi connectivity index (χ3n) is 4.10. The minimum absolute atomic E-state index is 0.000122. The summed E-state index contributed by atoms with van der Waals surface area (Å²) < 4.78 is 37.2. The molecule has 1 saturated heterocycles. The van der Waals surface area contributed by atoms with Gasteiger partial charge in [-0.1, -0.05) is 18.2 Å². The highest BCUT2D eigenvalue weighted by molar-refractivity contribution is 5.97. The number of amides is 3. The Morgan fingerprint density at radius 1 is 1.26 bits per heavy atom. The smallest absolute Gasteiger partial charge is 0.332 e. The van der Waals surface area contributed by atoms with E-state index in [1.807, 2.05) is 24.3 Å². The number of anilines is 1. The van der Waals surface area contributed by atoms with E-state index < -0.39 is 30.7 Å². The van der Waals surface area contributed by atoms with E-state index in [1.54, 1.807) is 0 Å². The van der Waals surface area contributed by atoms with Gasteiger partial charge in [-0.3, -0.25) is 9.69 Å². The Balaban J connectivity index is 1.63. The molecule has 1 atom stereocenters. The zero-order valence-corrected chi connectivity index (χ0v) is 12.3. The Morgan fingerprint density at radius 2 is 2.00 bits per heavy atom. The van der Waals surface area contributed by atoms with Crippen molar-refractivity contribution in [2.45, 2.75) is 25.1 Å². The van der Waals surface area contributed by atoms with Crippen molar-refractivity contribution in [3.8, 4) is 0 Å². The molecule has 0 spiro atoms. The molecule has 0 radical (unpaired) electrons.